The number of benzene rings is 1. The van der Waals surface area contributed by atoms with Gasteiger partial charge in [-0.2, -0.15) is 18.4 Å². The molecule has 0 atom stereocenters. The fourth-order valence-electron chi connectivity index (χ4n) is 3.15. The number of amides is 1. The Kier molecular flexibility index (Phi) is 6.09. The molecule has 1 heterocycles. The van der Waals surface area contributed by atoms with Gasteiger partial charge in [0.15, 0.2) is 5.78 Å². The van der Waals surface area contributed by atoms with Gasteiger partial charge in [-0.15, -0.1) is 0 Å². The van der Waals surface area contributed by atoms with Crippen LogP contribution in [0.1, 0.15) is 49.0 Å². The van der Waals surface area contributed by atoms with Crippen LogP contribution in [0.4, 0.5) is 13.2 Å². The first-order valence-electron chi connectivity index (χ1n) is 8.68. The Morgan fingerprint density at radius 2 is 1.89 bits per heavy atom. The van der Waals surface area contributed by atoms with Crippen molar-refractivity contribution in [1.29, 1.82) is 5.26 Å². The number of Topliss-reactive ketones (excluding diaryl/α,β-unsaturated/α-hetero) is 1. The highest BCUT2D eigenvalue weighted by Gasteiger charge is 2.36. The molecule has 27 heavy (non-hydrogen) atoms. The van der Waals surface area contributed by atoms with Crippen molar-refractivity contribution in [2.75, 3.05) is 13.1 Å². The van der Waals surface area contributed by atoms with E-state index in [-0.39, 0.29) is 36.4 Å². The number of carbonyl (C=O) groups excluding carboxylic acids is 2. The van der Waals surface area contributed by atoms with Crippen molar-refractivity contribution in [2.45, 2.75) is 39.3 Å². The molecule has 0 aromatic heterocycles. The molecule has 1 aromatic rings. The van der Waals surface area contributed by atoms with E-state index >= 15 is 0 Å². The SMILES string of the molecule is CC1(C)CCCN(C(=O)c2ccccc2C(F)(F)F)CC/C=C(/C#N)C1=O. The lowest BCUT2D eigenvalue weighted by Gasteiger charge is -2.28. The lowest BCUT2D eigenvalue weighted by molar-refractivity contribution is -0.138. The summed E-state index contributed by atoms with van der Waals surface area (Å²) in [6.07, 6.45) is -2.05. The van der Waals surface area contributed by atoms with E-state index in [1.807, 2.05) is 6.07 Å². The summed E-state index contributed by atoms with van der Waals surface area (Å²) in [7, 11) is 0. The van der Waals surface area contributed by atoms with Gasteiger partial charge in [0.05, 0.1) is 16.7 Å². The quantitative estimate of drug-likeness (QED) is 0.729. The Morgan fingerprint density at radius 1 is 1.22 bits per heavy atom. The highest BCUT2D eigenvalue weighted by Crippen LogP contribution is 2.33. The molecule has 0 radical (unpaired) electrons. The summed E-state index contributed by atoms with van der Waals surface area (Å²) < 4.78 is 39.7. The molecule has 0 spiro atoms. The van der Waals surface area contributed by atoms with E-state index in [0.717, 1.165) is 6.07 Å². The van der Waals surface area contributed by atoms with Gasteiger partial charge in [-0.05, 0) is 31.4 Å². The maximum Gasteiger partial charge on any atom is 0.417 e. The maximum absolute atomic E-state index is 13.2. The molecular weight excluding hydrogens is 357 g/mol. The fraction of sp³-hybridized carbons (Fsp3) is 0.450. The van der Waals surface area contributed by atoms with Crippen LogP contribution in [-0.4, -0.2) is 29.7 Å². The number of allylic oxidation sites excluding steroid dienone is 1. The van der Waals surface area contributed by atoms with Crippen molar-refractivity contribution in [2.24, 2.45) is 5.41 Å². The first kappa shape index (κ1) is 20.7. The first-order valence-corrected chi connectivity index (χ1v) is 8.68. The van der Waals surface area contributed by atoms with Crippen molar-refractivity contribution in [1.82, 2.24) is 4.90 Å². The second-order valence-electron chi connectivity index (χ2n) is 7.17. The maximum atomic E-state index is 13.2. The Morgan fingerprint density at radius 3 is 2.52 bits per heavy atom. The van der Waals surface area contributed by atoms with E-state index in [4.69, 9.17) is 0 Å². The number of nitrogens with zero attached hydrogens (tertiary/aromatic N) is 2. The van der Waals surface area contributed by atoms with Gasteiger partial charge in [-0.25, -0.2) is 0 Å². The van der Waals surface area contributed by atoms with Crippen LogP contribution >= 0.6 is 0 Å². The third-order valence-electron chi connectivity index (χ3n) is 4.71. The number of alkyl halides is 3. The Balaban J connectivity index is 2.32. The molecule has 0 saturated heterocycles. The smallest absolute Gasteiger partial charge is 0.338 e. The molecule has 144 valence electrons. The highest BCUT2D eigenvalue weighted by molar-refractivity contribution is 6.02. The third-order valence-corrected chi connectivity index (χ3v) is 4.71. The number of nitriles is 1. The molecule has 0 bridgehead atoms. The van der Waals surface area contributed by atoms with Gasteiger partial charge >= 0.3 is 6.18 Å². The van der Waals surface area contributed by atoms with Gasteiger partial charge in [0.2, 0.25) is 0 Å². The van der Waals surface area contributed by atoms with Crippen LogP contribution in [0.15, 0.2) is 35.9 Å². The molecule has 0 fully saturated rings. The average Bonchev–Trinajstić information content (AvgIpc) is 2.61. The minimum atomic E-state index is -4.62. The molecule has 7 heteroatoms. The van der Waals surface area contributed by atoms with E-state index in [2.05, 4.69) is 0 Å². The number of rotatable bonds is 1. The zero-order chi connectivity index (χ0) is 20.2. The molecule has 2 rings (SSSR count). The Hall–Kier alpha value is -2.62. The summed E-state index contributed by atoms with van der Waals surface area (Å²) in [6, 6.07) is 6.61. The topological polar surface area (TPSA) is 61.2 Å². The zero-order valence-corrected chi connectivity index (χ0v) is 15.3. The normalized spacial score (nSPS) is 20.4. The summed E-state index contributed by atoms with van der Waals surface area (Å²) in [4.78, 5) is 26.6. The Bertz CT molecular complexity index is 804. The minimum absolute atomic E-state index is 0.0324. The number of hydrogen-bond acceptors (Lipinski definition) is 3. The predicted molar refractivity (Wildman–Crippen MR) is 93.7 cm³/mol. The van der Waals surface area contributed by atoms with Crippen LogP contribution in [0.2, 0.25) is 0 Å². The van der Waals surface area contributed by atoms with E-state index in [1.54, 1.807) is 13.8 Å². The standard InChI is InChI=1S/C20H21F3N2O2/c1-19(2)10-6-12-25(11-5-7-14(13-24)17(19)26)18(27)15-8-3-4-9-16(15)20(21,22)23/h3-4,7-9H,5-6,10-12H2,1-2H3/b14-7-. The van der Waals surface area contributed by atoms with Crippen molar-refractivity contribution >= 4 is 11.7 Å². The molecule has 0 N–H and O–H groups in total. The highest BCUT2D eigenvalue weighted by atomic mass is 19.4. The number of ketones is 1. The summed E-state index contributed by atoms with van der Waals surface area (Å²) in [5.41, 5.74) is -2.08. The largest absolute Gasteiger partial charge is 0.417 e. The molecule has 4 nitrogen and oxygen atoms in total. The van der Waals surface area contributed by atoms with Crippen LogP contribution in [0.25, 0.3) is 0 Å². The van der Waals surface area contributed by atoms with Crippen molar-refractivity contribution in [3.05, 3.63) is 47.0 Å². The van der Waals surface area contributed by atoms with Gasteiger partial charge in [0.25, 0.3) is 5.91 Å². The van der Waals surface area contributed by atoms with E-state index in [0.29, 0.717) is 12.8 Å². The van der Waals surface area contributed by atoms with Crippen molar-refractivity contribution in [3.63, 3.8) is 0 Å². The van der Waals surface area contributed by atoms with Gasteiger partial charge in [-0.3, -0.25) is 9.59 Å². The van der Waals surface area contributed by atoms with E-state index < -0.39 is 23.1 Å². The lowest BCUT2D eigenvalue weighted by Crippen LogP contribution is -2.36. The Labute approximate surface area is 156 Å². The second kappa shape index (κ2) is 7.95. The zero-order valence-electron chi connectivity index (χ0n) is 15.3. The number of carbonyl (C=O) groups is 2. The van der Waals surface area contributed by atoms with E-state index in [9.17, 15) is 28.0 Å². The molecule has 0 aliphatic carbocycles. The summed E-state index contributed by atoms with van der Waals surface area (Å²) in [6.45, 7) is 3.85. The lowest BCUT2D eigenvalue weighted by atomic mass is 9.79. The van der Waals surface area contributed by atoms with Crippen molar-refractivity contribution < 1.29 is 22.8 Å². The molecule has 0 unspecified atom stereocenters. The molecule has 1 aliphatic heterocycles. The van der Waals surface area contributed by atoms with Gasteiger partial charge in [0.1, 0.15) is 6.07 Å². The average molecular weight is 378 g/mol. The molecular formula is C20H21F3N2O2. The molecule has 0 saturated carbocycles. The second-order valence-corrected chi connectivity index (χ2v) is 7.17. The minimum Gasteiger partial charge on any atom is -0.338 e. The fourth-order valence-corrected chi connectivity index (χ4v) is 3.15. The van der Waals surface area contributed by atoms with Gasteiger partial charge < -0.3 is 4.90 Å². The molecule has 1 aromatic carbocycles. The van der Waals surface area contributed by atoms with Crippen LogP contribution in [0.3, 0.4) is 0 Å². The van der Waals surface area contributed by atoms with Crippen LogP contribution in [0, 0.1) is 16.7 Å². The number of hydrogen-bond donors (Lipinski definition) is 0. The summed E-state index contributed by atoms with van der Waals surface area (Å²) >= 11 is 0. The molecule has 1 aliphatic rings. The number of halogens is 3. The van der Waals surface area contributed by atoms with Gasteiger partial charge in [-0.1, -0.05) is 32.1 Å². The summed E-state index contributed by atoms with van der Waals surface area (Å²) in [5.74, 6) is -0.938. The van der Waals surface area contributed by atoms with Crippen molar-refractivity contribution in [3.8, 4) is 6.07 Å². The van der Waals surface area contributed by atoms with Crippen LogP contribution in [-0.2, 0) is 11.0 Å². The van der Waals surface area contributed by atoms with Gasteiger partial charge in [0, 0.05) is 18.5 Å². The van der Waals surface area contributed by atoms with Crippen LogP contribution < -0.4 is 0 Å². The molecule has 1 amide bonds. The third kappa shape index (κ3) is 4.76. The van der Waals surface area contributed by atoms with E-state index in [1.165, 1.54) is 29.2 Å². The van der Waals surface area contributed by atoms with Crippen LogP contribution in [0.5, 0.6) is 0 Å². The predicted octanol–water partition coefficient (Wildman–Crippen LogP) is 4.38. The first-order chi connectivity index (χ1) is 12.6. The monoisotopic (exact) mass is 378 g/mol. The summed E-state index contributed by atoms with van der Waals surface area (Å²) in [5, 5.41) is 9.21.